The number of ether oxygens (including phenoxy) is 1. The van der Waals surface area contributed by atoms with Crippen LogP contribution in [0.3, 0.4) is 0 Å². The van der Waals surface area contributed by atoms with Crippen molar-refractivity contribution in [3.63, 3.8) is 0 Å². The van der Waals surface area contributed by atoms with Gasteiger partial charge in [0.2, 0.25) is 0 Å². The van der Waals surface area contributed by atoms with Crippen molar-refractivity contribution in [2.75, 3.05) is 18.6 Å². The molecule has 5 heteroatoms. The zero-order chi connectivity index (χ0) is 13.8. The monoisotopic (exact) mass is 256 g/mol. The molecule has 0 heterocycles. The molecule has 2 rings (SSSR count). The van der Waals surface area contributed by atoms with Gasteiger partial charge in [-0.1, -0.05) is 0 Å². The number of amidine groups is 1. The van der Waals surface area contributed by atoms with E-state index in [9.17, 15) is 0 Å². The molecule has 6 N–H and O–H groups in total. The van der Waals surface area contributed by atoms with E-state index in [0.29, 0.717) is 28.6 Å². The molecule has 0 spiro atoms. The van der Waals surface area contributed by atoms with E-state index in [2.05, 4.69) is 4.99 Å². The first-order valence-electron chi connectivity index (χ1n) is 5.74. The summed E-state index contributed by atoms with van der Waals surface area (Å²) in [6.07, 6.45) is 0. The van der Waals surface area contributed by atoms with Crippen LogP contribution in [0.25, 0.3) is 0 Å². The van der Waals surface area contributed by atoms with Crippen molar-refractivity contribution in [3.05, 3.63) is 48.0 Å². The van der Waals surface area contributed by atoms with Gasteiger partial charge in [0.15, 0.2) is 0 Å². The minimum absolute atomic E-state index is 0.392. The van der Waals surface area contributed by atoms with Crippen LogP contribution < -0.4 is 21.9 Å². The quantitative estimate of drug-likeness (QED) is 0.443. The third-order valence-corrected chi connectivity index (χ3v) is 2.65. The Morgan fingerprint density at radius 3 is 2.26 bits per heavy atom. The van der Waals surface area contributed by atoms with Gasteiger partial charge in [-0.2, -0.15) is 0 Å². The second-order valence-corrected chi connectivity index (χ2v) is 4.05. The number of aliphatic imine (C=N–C) groups is 1. The molecule has 2 aromatic carbocycles. The van der Waals surface area contributed by atoms with Crippen molar-refractivity contribution in [1.82, 2.24) is 0 Å². The van der Waals surface area contributed by atoms with Gasteiger partial charge in [-0.15, -0.1) is 0 Å². The van der Waals surface area contributed by atoms with Gasteiger partial charge in [-0.25, -0.2) is 4.99 Å². The first-order chi connectivity index (χ1) is 9.10. The van der Waals surface area contributed by atoms with Crippen molar-refractivity contribution in [2.24, 2.45) is 10.7 Å². The van der Waals surface area contributed by atoms with Crippen LogP contribution in [-0.2, 0) is 0 Å². The summed E-state index contributed by atoms with van der Waals surface area (Å²) in [7, 11) is 1.56. The number of anilines is 2. The van der Waals surface area contributed by atoms with Gasteiger partial charge >= 0.3 is 0 Å². The first-order valence-corrected chi connectivity index (χ1v) is 5.74. The van der Waals surface area contributed by atoms with Gasteiger partial charge in [0, 0.05) is 23.0 Å². The molecule has 0 fully saturated rings. The standard InChI is InChI=1S/C14H16N4O/c1-19-13-8-11(16)6-7-12(13)18-14(17)9-2-4-10(15)5-3-9/h2-8H,15-16H2,1H3,(H2,17,18). The number of hydrogen-bond donors (Lipinski definition) is 3. The summed E-state index contributed by atoms with van der Waals surface area (Å²) < 4.78 is 5.22. The maximum atomic E-state index is 5.96. The van der Waals surface area contributed by atoms with Crippen molar-refractivity contribution < 1.29 is 4.74 Å². The highest BCUT2D eigenvalue weighted by molar-refractivity contribution is 5.99. The Morgan fingerprint density at radius 1 is 1.00 bits per heavy atom. The normalized spacial score (nSPS) is 11.3. The third-order valence-electron chi connectivity index (χ3n) is 2.65. The van der Waals surface area contributed by atoms with Crippen molar-refractivity contribution in [3.8, 4) is 5.75 Å². The van der Waals surface area contributed by atoms with E-state index in [1.807, 2.05) is 12.1 Å². The average molecular weight is 256 g/mol. The number of nitrogens with zero attached hydrogens (tertiary/aromatic N) is 1. The molecule has 98 valence electrons. The van der Waals surface area contributed by atoms with Crippen molar-refractivity contribution >= 4 is 22.9 Å². The van der Waals surface area contributed by atoms with Crippen LogP contribution in [0.2, 0.25) is 0 Å². The van der Waals surface area contributed by atoms with Gasteiger partial charge < -0.3 is 21.9 Å². The Bertz CT molecular complexity index is 605. The molecule has 0 saturated carbocycles. The Hall–Kier alpha value is -2.69. The van der Waals surface area contributed by atoms with Gasteiger partial charge in [-0.3, -0.25) is 0 Å². The third kappa shape index (κ3) is 2.95. The lowest BCUT2D eigenvalue weighted by Gasteiger charge is -2.07. The Balaban J connectivity index is 2.37. The molecule has 0 unspecified atom stereocenters. The van der Waals surface area contributed by atoms with Crippen molar-refractivity contribution in [1.29, 1.82) is 0 Å². The van der Waals surface area contributed by atoms with E-state index in [4.69, 9.17) is 21.9 Å². The zero-order valence-corrected chi connectivity index (χ0v) is 10.6. The van der Waals surface area contributed by atoms with Crippen LogP contribution in [0.5, 0.6) is 5.75 Å². The average Bonchev–Trinajstić information content (AvgIpc) is 2.41. The number of hydrogen-bond acceptors (Lipinski definition) is 4. The second kappa shape index (κ2) is 5.30. The predicted molar refractivity (Wildman–Crippen MR) is 78.6 cm³/mol. The number of methoxy groups -OCH3 is 1. The van der Waals surface area contributed by atoms with Gasteiger partial charge in [-0.05, 0) is 36.4 Å². The molecule has 0 aliphatic carbocycles. The smallest absolute Gasteiger partial charge is 0.146 e. The summed E-state index contributed by atoms with van der Waals surface area (Å²) >= 11 is 0. The first kappa shape index (κ1) is 12.8. The van der Waals surface area contributed by atoms with E-state index in [1.54, 1.807) is 37.4 Å². The molecule has 0 atom stereocenters. The lowest BCUT2D eigenvalue weighted by atomic mass is 10.2. The molecule has 0 bridgehead atoms. The predicted octanol–water partition coefficient (Wildman–Crippen LogP) is 1.90. The maximum Gasteiger partial charge on any atom is 0.146 e. The molecule has 0 aliphatic rings. The van der Waals surface area contributed by atoms with Crippen LogP contribution >= 0.6 is 0 Å². The van der Waals surface area contributed by atoms with Gasteiger partial charge in [0.25, 0.3) is 0 Å². The largest absolute Gasteiger partial charge is 0.494 e. The van der Waals surface area contributed by atoms with Crippen LogP contribution in [0.1, 0.15) is 5.56 Å². The summed E-state index contributed by atoms with van der Waals surface area (Å²) in [6, 6.07) is 12.4. The minimum Gasteiger partial charge on any atom is -0.494 e. The highest BCUT2D eigenvalue weighted by Gasteiger charge is 2.04. The van der Waals surface area contributed by atoms with E-state index >= 15 is 0 Å². The van der Waals surface area contributed by atoms with E-state index < -0.39 is 0 Å². The van der Waals surface area contributed by atoms with E-state index in [-0.39, 0.29) is 0 Å². The SMILES string of the molecule is COc1cc(N)ccc1N=C(N)c1ccc(N)cc1. The molecule has 0 amide bonds. The highest BCUT2D eigenvalue weighted by Crippen LogP contribution is 2.29. The fraction of sp³-hybridized carbons (Fsp3) is 0.0714. The lowest BCUT2D eigenvalue weighted by molar-refractivity contribution is 0.416. The Kier molecular flexibility index (Phi) is 3.56. The highest BCUT2D eigenvalue weighted by atomic mass is 16.5. The van der Waals surface area contributed by atoms with Gasteiger partial charge in [0.05, 0.1) is 7.11 Å². The molecular formula is C14H16N4O. The molecule has 0 saturated heterocycles. The summed E-state index contributed by atoms with van der Waals surface area (Å²) in [4.78, 5) is 4.34. The number of nitrogen functional groups attached to an aromatic ring is 2. The minimum atomic E-state index is 0.392. The maximum absolute atomic E-state index is 5.96. The second-order valence-electron chi connectivity index (χ2n) is 4.05. The van der Waals surface area contributed by atoms with Crippen LogP contribution in [0.4, 0.5) is 17.1 Å². The fourth-order valence-electron chi connectivity index (χ4n) is 1.63. The van der Waals surface area contributed by atoms with E-state index in [0.717, 1.165) is 5.56 Å². The lowest BCUT2D eigenvalue weighted by Crippen LogP contribution is -2.12. The molecular weight excluding hydrogens is 240 g/mol. The fourth-order valence-corrected chi connectivity index (χ4v) is 1.63. The molecule has 0 aliphatic heterocycles. The topological polar surface area (TPSA) is 99.6 Å². The Labute approximate surface area is 111 Å². The molecule has 19 heavy (non-hydrogen) atoms. The number of rotatable bonds is 3. The zero-order valence-electron chi connectivity index (χ0n) is 10.6. The number of benzene rings is 2. The van der Waals surface area contributed by atoms with Crippen molar-refractivity contribution in [2.45, 2.75) is 0 Å². The Morgan fingerprint density at radius 2 is 1.63 bits per heavy atom. The van der Waals surface area contributed by atoms with Gasteiger partial charge in [0.1, 0.15) is 17.3 Å². The van der Waals surface area contributed by atoms with E-state index in [1.165, 1.54) is 0 Å². The van der Waals surface area contributed by atoms with Crippen LogP contribution in [-0.4, -0.2) is 12.9 Å². The molecule has 0 radical (unpaired) electrons. The number of nitrogens with two attached hydrogens (primary N) is 3. The molecule has 5 nitrogen and oxygen atoms in total. The summed E-state index contributed by atoms with van der Waals surface area (Å²) in [5.74, 6) is 0.974. The summed E-state index contributed by atoms with van der Waals surface area (Å²) in [5, 5.41) is 0. The summed E-state index contributed by atoms with van der Waals surface area (Å²) in [6.45, 7) is 0. The molecule has 0 aromatic heterocycles. The van der Waals surface area contributed by atoms with Crippen LogP contribution in [0, 0.1) is 0 Å². The summed E-state index contributed by atoms with van der Waals surface area (Å²) in [5.41, 5.74) is 20.0. The molecule has 2 aromatic rings. The van der Waals surface area contributed by atoms with Crippen LogP contribution in [0.15, 0.2) is 47.5 Å².